The van der Waals surface area contributed by atoms with Crippen LogP contribution in [0.1, 0.15) is 0 Å². The fourth-order valence-electron chi connectivity index (χ4n) is 1.29. The van der Waals surface area contributed by atoms with Gasteiger partial charge in [-0.2, -0.15) is 4.31 Å². The molecule has 0 aromatic rings. The van der Waals surface area contributed by atoms with E-state index in [1.807, 2.05) is 0 Å². The second-order valence-electron chi connectivity index (χ2n) is 2.93. The van der Waals surface area contributed by atoms with Crippen molar-refractivity contribution in [3.05, 3.63) is 0 Å². The molecule has 0 aromatic heterocycles. The van der Waals surface area contributed by atoms with Crippen LogP contribution in [0, 0.1) is 0 Å². The van der Waals surface area contributed by atoms with Crippen molar-refractivity contribution in [3.8, 4) is 0 Å². The monoisotopic (exact) mass is 208 g/mol. The number of hydrogen-bond acceptors (Lipinski definition) is 4. The third-order valence-corrected chi connectivity index (χ3v) is 3.19. The molecule has 1 aliphatic heterocycles. The Kier molecular flexibility index (Phi) is 2.89. The zero-order chi connectivity index (χ0) is 10.1. The Bertz CT molecular complexity index is 300. The van der Waals surface area contributed by atoms with Crippen molar-refractivity contribution in [1.82, 2.24) is 9.62 Å². The number of nitrogens with one attached hydrogen (secondary N) is 1. The number of piperazine rings is 1. The van der Waals surface area contributed by atoms with Gasteiger partial charge in [0, 0.05) is 19.6 Å². The molecular weight excluding hydrogens is 196 g/mol. The summed E-state index contributed by atoms with van der Waals surface area (Å²) in [5.74, 6) is -1.11. The van der Waals surface area contributed by atoms with Gasteiger partial charge in [0.1, 0.15) is 6.04 Å². The van der Waals surface area contributed by atoms with Crippen molar-refractivity contribution >= 4 is 16.0 Å². The third-order valence-electron chi connectivity index (χ3n) is 1.91. The number of sulfonamides is 1. The lowest BCUT2D eigenvalue weighted by atomic mass is 10.2. The number of carboxylic acids is 1. The molecule has 0 bridgehead atoms. The predicted octanol–water partition coefficient (Wildman–Crippen LogP) is -1.70. The van der Waals surface area contributed by atoms with Crippen LogP contribution in [-0.2, 0) is 14.8 Å². The molecular formula is C6H12N2O4S. The minimum Gasteiger partial charge on any atom is -0.480 e. The minimum atomic E-state index is -3.41. The van der Waals surface area contributed by atoms with Crippen LogP contribution in [0.4, 0.5) is 0 Å². The van der Waals surface area contributed by atoms with Gasteiger partial charge in [-0.1, -0.05) is 0 Å². The Morgan fingerprint density at radius 1 is 1.62 bits per heavy atom. The van der Waals surface area contributed by atoms with Gasteiger partial charge in [0.25, 0.3) is 0 Å². The molecule has 1 rings (SSSR count). The Morgan fingerprint density at radius 3 is 2.62 bits per heavy atom. The fraction of sp³-hybridized carbons (Fsp3) is 0.833. The van der Waals surface area contributed by atoms with Crippen LogP contribution < -0.4 is 5.32 Å². The Hall–Kier alpha value is -0.660. The zero-order valence-electron chi connectivity index (χ0n) is 7.23. The van der Waals surface area contributed by atoms with Crippen LogP contribution in [0.25, 0.3) is 0 Å². The van der Waals surface area contributed by atoms with Gasteiger partial charge in [0.15, 0.2) is 0 Å². The first-order valence-corrected chi connectivity index (χ1v) is 5.68. The highest BCUT2D eigenvalue weighted by Crippen LogP contribution is 2.08. The largest absolute Gasteiger partial charge is 0.480 e. The maximum Gasteiger partial charge on any atom is 0.323 e. The van der Waals surface area contributed by atoms with Crippen LogP contribution in [0.15, 0.2) is 0 Å². The summed E-state index contributed by atoms with van der Waals surface area (Å²) in [7, 11) is -3.41. The van der Waals surface area contributed by atoms with Gasteiger partial charge in [0.05, 0.1) is 6.26 Å². The Morgan fingerprint density at radius 2 is 2.23 bits per heavy atom. The van der Waals surface area contributed by atoms with E-state index in [9.17, 15) is 13.2 Å². The first-order chi connectivity index (χ1) is 5.93. The summed E-state index contributed by atoms with van der Waals surface area (Å²) >= 11 is 0. The number of rotatable bonds is 2. The summed E-state index contributed by atoms with van der Waals surface area (Å²) in [5, 5.41) is 11.6. The van der Waals surface area contributed by atoms with Crippen molar-refractivity contribution in [2.45, 2.75) is 6.04 Å². The molecule has 2 N–H and O–H groups in total. The van der Waals surface area contributed by atoms with Crippen LogP contribution in [0.5, 0.6) is 0 Å². The van der Waals surface area contributed by atoms with Gasteiger partial charge < -0.3 is 10.4 Å². The number of aliphatic carboxylic acids is 1. The molecule has 0 aliphatic carbocycles. The minimum absolute atomic E-state index is 0.169. The van der Waals surface area contributed by atoms with E-state index in [0.717, 1.165) is 10.6 Å². The Labute approximate surface area is 76.6 Å². The Balaban J connectivity index is 2.86. The quantitative estimate of drug-likeness (QED) is 0.565. The smallest absolute Gasteiger partial charge is 0.323 e. The highest BCUT2D eigenvalue weighted by Gasteiger charge is 2.34. The van der Waals surface area contributed by atoms with Crippen LogP contribution in [-0.4, -0.2) is 55.7 Å². The average molecular weight is 208 g/mol. The van der Waals surface area contributed by atoms with Crippen LogP contribution in [0.3, 0.4) is 0 Å². The summed E-state index contributed by atoms with van der Waals surface area (Å²) < 4.78 is 23.3. The van der Waals surface area contributed by atoms with Gasteiger partial charge in [-0.05, 0) is 0 Å². The van der Waals surface area contributed by atoms with Gasteiger partial charge in [-0.25, -0.2) is 8.42 Å². The lowest BCUT2D eigenvalue weighted by Gasteiger charge is -2.31. The molecule has 0 aromatic carbocycles. The summed E-state index contributed by atoms with van der Waals surface area (Å²) in [5.41, 5.74) is 0. The van der Waals surface area contributed by atoms with E-state index in [2.05, 4.69) is 5.32 Å². The van der Waals surface area contributed by atoms with Crippen molar-refractivity contribution in [2.24, 2.45) is 0 Å². The zero-order valence-corrected chi connectivity index (χ0v) is 8.04. The summed E-state index contributed by atoms with van der Waals surface area (Å²) in [6, 6.07) is -0.969. The molecule has 1 heterocycles. The third kappa shape index (κ3) is 2.39. The van der Waals surface area contributed by atoms with E-state index in [1.165, 1.54) is 0 Å². The van der Waals surface area contributed by atoms with E-state index in [4.69, 9.17) is 5.11 Å². The lowest BCUT2D eigenvalue weighted by molar-refractivity contribution is -0.141. The molecule has 1 aliphatic rings. The fourth-order valence-corrected chi connectivity index (χ4v) is 2.34. The number of nitrogens with zero attached hydrogens (tertiary/aromatic N) is 1. The molecule has 1 unspecified atom stereocenters. The van der Waals surface area contributed by atoms with Gasteiger partial charge >= 0.3 is 5.97 Å². The highest BCUT2D eigenvalue weighted by molar-refractivity contribution is 7.88. The summed E-state index contributed by atoms with van der Waals surface area (Å²) in [4.78, 5) is 10.7. The number of hydrogen-bond donors (Lipinski definition) is 2. The van der Waals surface area contributed by atoms with Gasteiger partial charge in [-0.15, -0.1) is 0 Å². The first kappa shape index (κ1) is 10.4. The highest BCUT2D eigenvalue weighted by atomic mass is 32.2. The average Bonchev–Trinajstić information content (AvgIpc) is 2.03. The summed E-state index contributed by atoms with van der Waals surface area (Å²) in [6.07, 6.45) is 1.02. The molecule has 0 radical (unpaired) electrons. The van der Waals surface area contributed by atoms with E-state index in [0.29, 0.717) is 6.54 Å². The van der Waals surface area contributed by atoms with E-state index in [-0.39, 0.29) is 13.1 Å². The molecule has 13 heavy (non-hydrogen) atoms. The van der Waals surface area contributed by atoms with Crippen molar-refractivity contribution in [1.29, 1.82) is 0 Å². The molecule has 7 heteroatoms. The molecule has 1 saturated heterocycles. The second kappa shape index (κ2) is 3.60. The standard InChI is InChI=1S/C6H12N2O4S/c1-13(11,12)8-3-2-7-4-5(8)6(9)10/h5,7H,2-4H2,1H3,(H,9,10). The maximum absolute atomic E-state index is 11.1. The lowest BCUT2D eigenvalue weighted by Crippen LogP contribution is -2.56. The number of carboxylic acid groups (broad SMARTS) is 1. The van der Waals surface area contributed by atoms with Gasteiger partial charge in [0.2, 0.25) is 10.0 Å². The second-order valence-corrected chi connectivity index (χ2v) is 4.87. The van der Waals surface area contributed by atoms with Crippen molar-refractivity contribution in [2.75, 3.05) is 25.9 Å². The van der Waals surface area contributed by atoms with E-state index >= 15 is 0 Å². The van der Waals surface area contributed by atoms with Crippen LogP contribution >= 0.6 is 0 Å². The van der Waals surface area contributed by atoms with E-state index < -0.39 is 22.0 Å². The molecule has 1 atom stereocenters. The first-order valence-electron chi connectivity index (χ1n) is 3.83. The number of carbonyl (C=O) groups is 1. The molecule has 1 fully saturated rings. The normalized spacial score (nSPS) is 25.8. The molecule has 0 spiro atoms. The molecule has 0 saturated carbocycles. The van der Waals surface area contributed by atoms with E-state index in [1.54, 1.807) is 0 Å². The topological polar surface area (TPSA) is 86.7 Å². The van der Waals surface area contributed by atoms with Crippen molar-refractivity contribution < 1.29 is 18.3 Å². The predicted molar refractivity (Wildman–Crippen MR) is 45.8 cm³/mol. The molecule has 76 valence electrons. The maximum atomic E-state index is 11.1. The van der Waals surface area contributed by atoms with Crippen molar-refractivity contribution in [3.63, 3.8) is 0 Å². The molecule has 6 nitrogen and oxygen atoms in total. The summed E-state index contributed by atoms with van der Waals surface area (Å²) in [6.45, 7) is 0.884. The van der Waals surface area contributed by atoms with Gasteiger partial charge in [-0.3, -0.25) is 4.79 Å². The molecule has 0 amide bonds. The van der Waals surface area contributed by atoms with Crippen LogP contribution in [0.2, 0.25) is 0 Å². The SMILES string of the molecule is CS(=O)(=O)N1CCNCC1C(=O)O.